The zero-order chi connectivity index (χ0) is 19.8. The fourth-order valence-corrected chi connectivity index (χ4v) is 2.82. The van der Waals surface area contributed by atoms with Gasteiger partial charge in [0.2, 0.25) is 11.8 Å². The second-order valence-corrected chi connectivity index (χ2v) is 6.49. The molecule has 0 saturated heterocycles. The molecule has 2 aromatic rings. The molecule has 0 aliphatic heterocycles. The summed E-state index contributed by atoms with van der Waals surface area (Å²) in [6.45, 7) is 4.54. The third kappa shape index (κ3) is 6.27. The number of carbonyl (C=O) groups is 2. The minimum absolute atomic E-state index is 0.0834. The van der Waals surface area contributed by atoms with Gasteiger partial charge >= 0.3 is 0 Å². The number of amides is 2. The van der Waals surface area contributed by atoms with Crippen molar-refractivity contribution in [3.8, 4) is 5.75 Å². The van der Waals surface area contributed by atoms with Crippen LogP contribution in [0.4, 0.5) is 11.4 Å². The van der Waals surface area contributed by atoms with Gasteiger partial charge in [-0.25, -0.2) is 0 Å². The van der Waals surface area contributed by atoms with Crippen molar-refractivity contribution in [2.45, 2.75) is 13.8 Å². The molecule has 2 amide bonds. The molecule has 0 heterocycles. The normalized spacial score (nSPS) is 10.6. The molecule has 2 aromatic carbocycles. The Hall–Kier alpha value is -2.57. The van der Waals surface area contributed by atoms with E-state index in [1.54, 1.807) is 36.3 Å². The molecular formula is C20H24ClN3O3. The van der Waals surface area contributed by atoms with Crippen LogP contribution in [-0.4, -0.2) is 43.5 Å². The average Bonchev–Trinajstić information content (AvgIpc) is 2.64. The first-order valence-electron chi connectivity index (χ1n) is 8.64. The minimum Gasteiger partial charge on any atom is -0.495 e. The van der Waals surface area contributed by atoms with Gasteiger partial charge in [-0.1, -0.05) is 36.7 Å². The molecule has 144 valence electrons. The number of hydrogen-bond acceptors (Lipinski definition) is 4. The lowest BCUT2D eigenvalue weighted by Gasteiger charge is -2.20. The number of carbonyl (C=O) groups excluding carboxylic acids is 2. The first-order chi connectivity index (χ1) is 12.9. The van der Waals surface area contributed by atoms with Gasteiger partial charge in [0.1, 0.15) is 5.75 Å². The highest BCUT2D eigenvalue weighted by Gasteiger charge is 2.15. The maximum atomic E-state index is 12.3. The molecule has 7 heteroatoms. The fraction of sp³-hybridized carbons (Fsp3) is 0.300. The van der Waals surface area contributed by atoms with Gasteiger partial charge in [0.25, 0.3) is 0 Å². The zero-order valence-electron chi connectivity index (χ0n) is 15.7. The number of ether oxygens (including phenoxy) is 1. The van der Waals surface area contributed by atoms with Crippen LogP contribution in [0.5, 0.6) is 5.75 Å². The third-order valence-electron chi connectivity index (χ3n) is 3.96. The number of halogens is 1. The largest absolute Gasteiger partial charge is 0.495 e. The predicted octanol–water partition coefficient (Wildman–Crippen LogP) is 3.56. The summed E-state index contributed by atoms with van der Waals surface area (Å²) in [5.41, 5.74) is 2.17. The minimum atomic E-state index is -0.229. The van der Waals surface area contributed by atoms with E-state index in [9.17, 15) is 9.59 Å². The molecule has 27 heavy (non-hydrogen) atoms. The molecule has 0 aliphatic rings. The summed E-state index contributed by atoms with van der Waals surface area (Å²) in [4.78, 5) is 26.4. The summed E-state index contributed by atoms with van der Waals surface area (Å²) in [6, 6.07) is 12.6. The van der Waals surface area contributed by atoms with Gasteiger partial charge in [-0.05, 0) is 43.3 Å². The number of rotatable bonds is 8. The Balaban J connectivity index is 1.92. The SMILES string of the molecule is CCN(CC(=O)Nc1ccc(C)cc1Cl)CC(=O)Nc1ccccc1OC. The van der Waals surface area contributed by atoms with Crippen molar-refractivity contribution < 1.29 is 14.3 Å². The summed E-state index contributed by atoms with van der Waals surface area (Å²) in [5, 5.41) is 6.07. The molecule has 6 nitrogen and oxygen atoms in total. The average molecular weight is 390 g/mol. The van der Waals surface area contributed by atoms with Crippen molar-refractivity contribution in [1.29, 1.82) is 0 Å². The van der Waals surface area contributed by atoms with E-state index in [4.69, 9.17) is 16.3 Å². The van der Waals surface area contributed by atoms with Gasteiger partial charge < -0.3 is 15.4 Å². The number of hydrogen-bond donors (Lipinski definition) is 2. The summed E-state index contributed by atoms with van der Waals surface area (Å²) in [5.74, 6) is 0.135. The van der Waals surface area contributed by atoms with Crippen LogP contribution in [0.25, 0.3) is 0 Å². The highest BCUT2D eigenvalue weighted by molar-refractivity contribution is 6.33. The van der Waals surface area contributed by atoms with Crippen molar-refractivity contribution in [1.82, 2.24) is 4.90 Å². The monoisotopic (exact) mass is 389 g/mol. The van der Waals surface area contributed by atoms with Gasteiger partial charge in [-0.3, -0.25) is 14.5 Å². The van der Waals surface area contributed by atoms with Crippen LogP contribution in [-0.2, 0) is 9.59 Å². The number of methoxy groups -OCH3 is 1. The Bertz CT molecular complexity index is 811. The van der Waals surface area contributed by atoms with Gasteiger partial charge in [0.05, 0.1) is 36.6 Å². The van der Waals surface area contributed by atoms with E-state index in [0.717, 1.165) is 5.56 Å². The summed E-state index contributed by atoms with van der Waals surface area (Å²) < 4.78 is 5.22. The molecule has 0 radical (unpaired) electrons. The van der Waals surface area contributed by atoms with Crippen molar-refractivity contribution in [3.05, 3.63) is 53.1 Å². The first-order valence-corrected chi connectivity index (χ1v) is 9.02. The number of likely N-dealkylation sites (N-methyl/N-ethyl adjacent to an activating group) is 1. The zero-order valence-corrected chi connectivity index (χ0v) is 16.5. The maximum Gasteiger partial charge on any atom is 0.238 e. The van der Waals surface area contributed by atoms with E-state index >= 15 is 0 Å². The van der Waals surface area contributed by atoms with Gasteiger partial charge in [-0.15, -0.1) is 0 Å². The molecule has 0 saturated carbocycles. The van der Waals surface area contributed by atoms with Gasteiger partial charge in [0.15, 0.2) is 0 Å². The van der Waals surface area contributed by atoms with E-state index < -0.39 is 0 Å². The molecule has 0 unspecified atom stereocenters. The molecule has 0 aliphatic carbocycles. The van der Waals surface area contributed by atoms with Crippen LogP contribution in [0.15, 0.2) is 42.5 Å². The third-order valence-corrected chi connectivity index (χ3v) is 4.27. The molecule has 0 spiro atoms. The Morgan fingerprint density at radius 1 is 1.04 bits per heavy atom. The van der Waals surface area contributed by atoms with Crippen LogP contribution >= 0.6 is 11.6 Å². The molecular weight excluding hydrogens is 366 g/mol. The maximum absolute atomic E-state index is 12.3. The van der Waals surface area contributed by atoms with Gasteiger partial charge in [-0.2, -0.15) is 0 Å². The molecule has 2 rings (SSSR count). The number of anilines is 2. The van der Waals surface area contributed by atoms with E-state index in [-0.39, 0.29) is 24.9 Å². The lowest BCUT2D eigenvalue weighted by Crippen LogP contribution is -2.38. The van der Waals surface area contributed by atoms with Crippen LogP contribution in [0.2, 0.25) is 5.02 Å². The fourth-order valence-electron chi connectivity index (χ4n) is 2.53. The molecule has 0 atom stereocenters. The number of nitrogens with zero attached hydrogens (tertiary/aromatic N) is 1. The standard InChI is InChI=1S/C20H24ClN3O3/c1-4-24(12-19(25)22-16-10-9-14(2)11-15(16)21)13-20(26)23-17-7-5-6-8-18(17)27-3/h5-11H,4,12-13H2,1-3H3,(H,22,25)(H,23,26). The van der Waals surface area contributed by atoms with E-state index in [1.165, 1.54) is 0 Å². The molecule has 0 bridgehead atoms. The second kappa shape index (κ2) is 9.94. The molecule has 2 N–H and O–H groups in total. The number of aryl methyl sites for hydroxylation is 1. The van der Waals surface area contributed by atoms with E-state index in [2.05, 4.69) is 10.6 Å². The molecule has 0 aromatic heterocycles. The number of benzene rings is 2. The topological polar surface area (TPSA) is 70.7 Å². The second-order valence-electron chi connectivity index (χ2n) is 6.08. The van der Waals surface area contributed by atoms with Crippen LogP contribution in [0.3, 0.4) is 0 Å². The lowest BCUT2D eigenvalue weighted by atomic mass is 10.2. The first kappa shape index (κ1) is 20.7. The van der Waals surface area contributed by atoms with E-state index in [1.807, 2.05) is 32.0 Å². The summed E-state index contributed by atoms with van der Waals surface area (Å²) >= 11 is 6.14. The Kier molecular flexibility index (Phi) is 7.64. The van der Waals surface area contributed by atoms with Crippen molar-refractivity contribution in [3.63, 3.8) is 0 Å². The summed E-state index contributed by atoms with van der Waals surface area (Å²) in [7, 11) is 1.55. The van der Waals surface area contributed by atoms with Crippen molar-refractivity contribution in [2.75, 3.05) is 37.4 Å². The van der Waals surface area contributed by atoms with Crippen molar-refractivity contribution in [2.24, 2.45) is 0 Å². The number of para-hydroxylation sites is 2. The molecule has 0 fully saturated rings. The van der Waals surface area contributed by atoms with Crippen LogP contribution in [0, 0.1) is 6.92 Å². The highest BCUT2D eigenvalue weighted by atomic mass is 35.5. The Labute approximate surface area is 164 Å². The summed E-state index contributed by atoms with van der Waals surface area (Å²) in [6.07, 6.45) is 0. The Morgan fingerprint density at radius 2 is 1.67 bits per heavy atom. The quantitative estimate of drug-likeness (QED) is 0.724. The lowest BCUT2D eigenvalue weighted by molar-refractivity contribution is -0.119. The van der Waals surface area contributed by atoms with Gasteiger partial charge in [0, 0.05) is 0 Å². The van der Waals surface area contributed by atoms with Crippen LogP contribution < -0.4 is 15.4 Å². The van der Waals surface area contributed by atoms with Crippen molar-refractivity contribution >= 4 is 34.8 Å². The number of nitrogens with one attached hydrogen (secondary N) is 2. The smallest absolute Gasteiger partial charge is 0.238 e. The van der Waals surface area contributed by atoms with Crippen LogP contribution in [0.1, 0.15) is 12.5 Å². The Morgan fingerprint density at radius 3 is 2.26 bits per heavy atom. The predicted molar refractivity (Wildman–Crippen MR) is 109 cm³/mol. The highest BCUT2D eigenvalue weighted by Crippen LogP contribution is 2.23. The van der Waals surface area contributed by atoms with E-state index in [0.29, 0.717) is 28.7 Å².